The molecule has 1 saturated carbocycles. The second-order valence-corrected chi connectivity index (χ2v) is 7.44. The van der Waals surface area contributed by atoms with Crippen LogP contribution in [0.4, 0.5) is 0 Å². The largest absolute Gasteiger partial charge is 0.381 e. The highest BCUT2D eigenvalue weighted by Gasteiger charge is 2.36. The Morgan fingerprint density at radius 1 is 1.17 bits per heavy atom. The van der Waals surface area contributed by atoms with E-state index >= 15 is 0 Å². The molecule has 0 bridgehead atoms. The van der Waals surface area contributed by atoms with Gasteiger partial charge in [0, 0.05) is 19.3 Å². The van der Waals surface area contributed by atoms with E-state index in [1.54, 1.807) is 0 Å². The summed E-state index contributed by atoms with van der Waals surface area (Å²) in [6.45, 7) is 5.53. The van der Waals surface area contributed by atoms with Crippen molar-refractivity contribution in [1.82, 2.24) is 10.6 Å². The van der Waals surface area contributed by atoms with Crippen molar-refractivity contribution >= 4 is 24.2 Å². The summed E-state index contributed by atoms with van der Waals surface area (Å²) in [5.74, 6) is -0.325. The van der Waals surface area contributed by atoms with Crippen molar-refractivity contribution in [2.45, 2.75) is 64.5 Å². The molecule has 0 unspecified atom stereocenters. The van der Waals surface area contributed by atoms with Crippen LogP contribution in [-0.4, -0.2) is 43.7 Å². The van der Waals surface area contributed by atoms with E-state index in [2.05, 4.69) is 10.6 Å². The standard InChI is InChI=1S/C17H31N3O3.ClH/c1-12(2)15(18)16(22)19-11-14(21)20-13-3-5-17(6-4-13)7-9-23-10-8-17;/h12-13,15H,3-11,18H2,1-2H3,(H,19,22)(H,20,21);1H/t15-;/m0./s1. The first-order chi connectivity index (χ1) is 10.9. The topological polar surface area (TPSA) is 93.5 Å². The Morgan fingerprint density at radius 2 is 1.75 bits per heavy atom. The minimum absolute atomic E-state index is 0. The number of rotatable bonds is 5. The van der Waals surface area contributed by atoms with Gasteiger partial charge in [-0.15, -0.1) is 12.4 Å². The molecule has 1 spiro atoms. The van der Waals surface area contributed by atoms with Gasteiger partial charge in [-0.1, -0.05) is 13.8 Å². The van der Waals surface area contributed by atoms with E-state index in [0.717, 1.165) is 51.7 Å². The normalized spacial score (nSPS) is 21.8. The molecular weight excluding hydrogens is 330 g/mol. The van der Waals surface area contributed by atoms with E-state index < -0.39 is 6.04 Å². The number of halogens is 1. The first-order valence-corrected chi connectivity index (χ1v) is 8.82. The molecule has 4 N–H and O–H groups in total. The third-order valence-electron chi connectivity index (χ3n) is 5.41. The van der Waals surface area contributed by atoms with Gasteiger partial charge in [0.1, 0.15) is 0 Å². The van der Waals surface area contributed by atoms with Gasteiger partial charge in [0.2, 0.25) is 11.8 Å². The molecule has 6 nitrogen and oxygen atoms in total. The monoisotopic (exact) mass is 361 g/mol. The van der Waals surface area contributed by atoms with Crippen LogP contribution in [0.2, 0.25) is 0 Å². The Hall–Kier alpha value is -0.850. The quantitative estimate of drug-likeness (QED) is 0.689. The summed E-state index contributed by atoms with van der Waals surface area (Å²) in [4.78, 5) is 23.7. The first-order valence-electron chi connectivity index (χ1n) is 8.82. The molecule has 2 fully saturated rings. The molecule has 0 aromatic rings. The zero-order valence-corrected chi connectivity index (χ0v) is 15.6. The van der Waals surface area contributed by atoms with Gasteiger partial charge in [0.15, 0.2) is 0 Å². The summed E-state index contributed by atoms with van der Waals surface area (Å²) in [6, 6.07) is -0.336. The molecule has 0 radical (unpaired) electrons. The molecule has 7 heteroatoms. The van der Waals surface area contributed by atoms with Crippen LogP contribution in [0.15, 0.2) is 0 Å². The number of hydrogen-bond donors (Lipinski definition) is 3. The average Bonchev–Trinajstić information content (AvgIpc) is 2.55. The number of carbonyl (C=O) groups is 2. The van der Waals surface area contributed by atoms with Crippen LogP contribution in [0.3, 0.4) is 0 Å². The number of hydrogen-bond acceptors (Lipinski definition) is 4. The van der Waals surface area contributed by atoms with E-state index in [4.69, 9.17) is 10.5 Å². The van der Waals surface area contributed by atoms with Crippen LogP contribution in [-0.2, 0) is 14.3 Å². The number of carbonyl (C=O) groups excluding carboxylic acids is 2. The number of ether oxygens (including phenoxy) is 1. The minimum Gasteiger partial charge on any atom is -0.381 e. The molecule has 1 saturated heterocycles. The molecule has 2 amide bonds. The summed E-state index contributed by atoms with van der Waals surface area (Å²) < 4.78 is 5.46. The highest BCUT2D eigenvalue weighted by Crippen LogP contribution is 2.43. The van der Waals surface area contributed by atoms with Crippen molar-refractivity contribution in [3.63, 3.8) is 0 Å². The maximum absolute atomic E-state index is 12.0. The van der Waals surface area contributed by atoms with Crippen molar-refractivity contribution in [2.75, 3.05) is 19.8 Å². The molecule has 2 aliphatic rings. The number of nitrogens with two attached hydrogens (primary N) is 1. The van der Waals surface area contributed by atoms with E-state index in [9.17, 15) is 9.59 Å². The Labute approximate surface area is 151 Å². The summed E-state index contributed by atoms with van der Waals surface area (Å²) in [6.07, 6.45) is 6.65. The molecule has 2 rings (SSSR count). The SMILES string of the molecule is CC(C)[C@H](N)C(=O)NCC(=O)NC1CCC2(CCOCC2)CC1.Cl. The Morgan fingerprint density at radius 3 is 2.29 bits per heavy atom. The second kappa shape index (κ2) is 9.59. The molecule has 1 heterocycles. The summed E-state index contributed by atoms with van der Waals surface area (Å²) in [5.41, 5.74) is 6.20. The van der Waals surface area contributed by atoms with Gasteiger partial charge in [0.25, 0.3) is 0 Å². The van der Waals surface area contributed by atoms with E-state index in [1.807, 2.05) is 13.8 Å². The van der Waals surface area contributed by atoms with Crippen molar-refractivity contribution in [1.29, 1.82) is 0 Å². The van der Waals surface area contributed by atoms with Crippen LogP contribution >= 0.6 is 12.4 Å². The third kappa shape index (κ3) is 5.90. The lowest BCUT2D eigenvalue weighted by Crippen LogP contribution is -2.49. The van der Waals surface area contributed by atoms with Gasteiger partial charge in [-0.3, -0.25) is 9.59 Å². The molecule has 1 aliphatic heterocycles. The van der Waals surface area contributed by atoms with Crippen LogP contribution in [0.25, 0.3) is 0 Å². The Balaban J connectivity index is 0.00000288. The Kier molecular flexibility index (Phi) is 8.46. The predicted molar refractivity (Wildman–Crippen MR) is 96.0 cm³/mol. The summed E-state index contributed by atoms with van der Waals surface area (Å²) in [5, 5.41) is 5.66. The molecule has 0 aromatic heterocycles. The van der Waals surface area contributed by atoms with Crippen LogP contribution < -0.4 is 16.4 Å². The smallest absolute Gasteiger partial charge is 0.239 e. The van der Waals surface area contributed by atoms with Crippen LogP contribution in [0.1, 0.15) is 52.4 Å². The predicted octanol–water partition coefficient (Wildman–Crippen LogP) is 1.36. The van der Waals surface area contributed by atoms with Crippen molar-refractivity contribution < 1.29 is 14.3 Å². The Bertz CT molecular complexity index is 415. The van der Waals surface area contributed by atoms with Crippen molar-refractivity contribution in [3.8, 4) is 0 Å². The van der Waals surface area contributed by atoms with E-state index in [1.165, 1.54) is 0 Å². The van der Waals surface area contributed by atoms with Gasteiger partial charge < -0.3 is 21.1 Å². The lowest BCUT2D eigenvalue weighted by molar-refractivity contribution is -0.127. The molecule has 1 aliphatic carbocycles. The zero-order chi connectivity index (χ0) is 16.9. The second-order valence-electron chi connectivity index (χ2n) is 7.44. The van der Waals surface area contributed by atoms with Crippen LogP contribution in [0, 0.1) is 11.3 Å². The highest BCUT2D eigenvalue weighted by atomic mass is 35.5. The molecule has 140 valence electrons. The fourth-order valence-corrected chi connectivity index (χ4v) is 3.55. The lowest BCUT2D eigenvalue weighted by Gasteiger charge is -2.42. The highest BCUT2D eigenvalue weighted by molar-refractivity contribution is 5.87. The van der Waals surface area contributed by atoms with Crippen molar-refractivity contribution in [2.24, 2.45) is 17.1 Å². The summed E-state index contributed by atoms with van der Waals surface area (Å²) in [7, 11) is 0. The third-order valence-corrected chi connectivity index (χ3v) is 5.41. The molecule has 0 aromatic carbocycles. The molecular formula is C17H32ClN3O3. The van der Waals surface area contributed by atoms with E-state index in [0.29, 0.717) is 5.41 Å². The van der Waals surface area contributed by atoms with Gasteiger partial charge in [-0.25, -0.2) is 0 Å². The van der Waals surface area contributed by atoms with Gasteiger partial charge in [-0.2, -0.15) is 0 Å². The number of nitrogens with one attached hydrogen (secondary N) is 2. The molecule has 24 heavy (non-hydrogen) atoms. The fraction of sp³-hybridized carbons (Fsp3) is 0.882. The lowest BCUT2D eigenvalue weighted by atomic mass is 9.68. The molecule has 1 atom stereocenters. The maximum Gasteiger partial charge on any atom is 0.239 e. The number of amides is 2. The van der Waals surface area contributed by atoms with Gasteiger partial charge >= 0.3 is 0 Å². The van der Waals surface area contributed by atoms with Crippen LogP contribution in [0.5, 0.6) is 0 Å². The van der Waals surface area contributed by atoms with Gasteiger partial charge in [0.05, 0.1) is 12.6 Å². The van der Waals surface area contributed by atoms with Gasteiger partial charge in [-0.05, 0) is 49.9 Å². The van der Waals surface area contributed by atoms with E-state index in [-0.39, 0.29) is 42.7 Å². The van der Waals surface area contributed by atoms with Crippen molar-refractivity contribution in [3.05, 3.63) is 0 Å². The minimum atomic E-state index is -0.564. The maximum atomic E-state index is 12.0. The fourth-order valence-electron chi connectivity index (χ4n) is 3.55. The average molecular weight is 362 g/mol. The zero-order valence-electron chi connectivity index (χ0n) is 14.8. The first kappa shape index (κ1) is 21.2. The summed E-state index contributed by atoms with van der Waals surface area (Å²) >= 11 is 0.